The Kier molecular flexibility index (Phi) is 5.04. The van der Waals surface area contributed by atoms with E-state index in [4.69, 9.17) is 11.6 Å². The summed E-state index contributed by atoms with van der Waals surface area (Å²) in [5.41, 5.74) is 2.33. The van der Waals surface area contributed by atoms with Crippen molar-refractivity contribution in [2.75, 3.05) is 6.54 Å². The minimum absolute atomic E-state index is 0.0684. The second kappa shape index (κ2) is 7.23. The molecule has 2 aromatic carbocycles. The van der Waals surface area contributed by atoms with Crippen LogP contribution in [-0.2, 0) is 22.6 Å². The Morgan fingerprint density at radius 3 is 2.80 bits per heavy atom. The van der Waals surface area contributed by atoms with E-state index in [1.54, 1.807) is 4.90 Å². The molecule has 3 rings (SSSR count). The molecule has 6 heteroatoms. The van der Waals surface area contributed by atoms with E-state index >= 15 is 0 Å². The van der Waals surface area contributed by atoms with Gasteiger partial charge in [-0.1, -0.05) is 41.9 Å². The monoisotopic (exact) mass is 360 g/mol. The maximum Gasteiger partial charge on any atom is 0.247 e. The van der Waals surface area contributed by atoms with Gasteiger partial charge in [0.1, 0.15) is 11.9 Å². The molecule has 0 aliphatic carbocycles. The predicted molar refractivity (Wildman–Crippen MR) is 93.5 cm³/mol. The van der Waals surface area contributed by atoms with E-state index in [1.807, 2.05) is 31.2 Å². The average molecular weight is 361 g/mol. The van der Waals surface area contributed by atoms with Gasteiger partial charge in [0.25, 0.3) is 0 Å². The van der Waals surface area contributed by atoms with Crippen LogP contribution in [0.15, 0.2) is 42.5 Å². The summed E-state index contributed by atoms with van der Waals surface area (Å²) in [6, 6.07) is 10.8. The molecule has 0 spiro atoms. The lowest BCUT2D eigenvalue weighted by atomic mass is 9.91. The summed E-state index contributed by atoms with van der Waals surface area (Å²) in [5.74, 6) is -0.770. The molecule has 1 unspecified atom stereocenters. The van der Waals surface area contributed by atoms with Crippen LogP contribution < -0.4 is 5.32 Å². The fourth-order valence-corrected chi connectivity index (χ4v) is 3.36. The molecule has 0 aromatic heterocycles. The Balaban J connectivity index is 1.83. The standard InChI is InChI=1S/C19H18ClFN2O2/c1-2-23-17(24)9-12-5-3-4-6-15(12)18(23)19(25)22-11-13-7-8-14(21)10-16(13)20/h3-8,10,18H,2,9,11H2,1H3,(H,22,25). The number of halogens is 2. The second-order valence-corrected chi connectivity index (χ2v) is 6.32. The van der Waals surface area contributed by atoms with Gasteiger partial charge in [-0.05, 0) is 35.7 Å². The van der Waals surface area contributed by atoms with Crippen LogP contribution in [0.5, 0.6) is 0 Å². The lowest BCUT2D eigenvalue weighted by Gasteiger charge is -2.35. The van der Waals surface area contributed by atoms with Crippen molar-refractivity contribution < 1.29 is 14.0 Å². The zero-order chi connectivity index (χ0) is 18.0. The van der Waals surface area contributed by atoms with Gasteiger partial charge in [-0.2, -0.15) is 0 Å². The van der Waals surface area contributed by atoms with Crippen LogP contribution >= 0.6 is 11.6 Å². The number of hydrogen-bond acceptors (Lipinski definition) is 2. The Labute approximate surface area is 150 Å². The SMILES string of the molecule is CCN1C(=O)Cc2ccccc2C1C(=O)NCc1ccc(F)cc1Cl. The largest absolute Gasteiger partial charge is 0.350 e. The van der Waals surface area contributed by atoms with Gasteiger partial charge in [-0.15, -0.1) is 0 Å². The van der Waals surface area contributed by atoms with E-state index in [0.717, 1.165) is 11.1 Å². The van der Waals surface area contributed by atoms with Crippen molar-refractivity contribution in [2.24, 2.45) is 0 Å². The van der Waals surface area contributed by atoms with Gasteiger partial charge in [0.05, 0.1) is 6.42 Å². The van der Waals surface area contributed by atoms with Gasteiger partial charge in [0.15, 0.2) is 0 Å². The quantitative estimate of drug-likeness (QED) is 0.910. The fraction of sp³-hybridized carbons (Fsp3) is 0.263. The first-order chi connectivity index (χ1) is 12.0. The highest BCUT2D eigenvalue weighted by molar-refractivity contribution is 6.31. The van der Waals surface area contributed by atoms with Crippen LogP contribution in [-0.4, -0.2) is 23.3 Å². The molecule has 0 fully saturated rings. The number of fused-ring (bicyclic) bond motifs is 1. The van der Waals surface area contributed by atoms with Crippen LogP contribution in [0.4, 0.5) is 4.39 Å². The van der Waals surface area contributed by atoms with Crippen molar-refractivity contribution in [1.82, 2.24) is 10.2 Å². The van der Waals surface area contributed by atoms with Crippen molar-refractivity contribution in [2.45, 2.75) is 25.9 Å². The van der Waals surface area contributed by atoms with Crippen LogP contribution in [0.1, 0.15) is 29.7 Å². The summed E-state index contributed by atoms with van der Waals surface area (Å²) in [6.07, 6.45) is 0.303. The third-order valence-corrected chi connectivity index (χ3v) is 4.73. The van der Waals surface area contributed by atoms with Gasteiger partial charge in [0.2, 0.25) is 11.8 Å². The van der Waals surface area contributed by atoms with Crippen molar-refractivity contribution in [3.63, 3.8) is 0 Å². The lowest BCUT2D eigenvalue weighted by molar-refractivity contribution is -0.141. The normalized spacial score (nSPS) is 16.5. The van der Waals surface area contributed by atoms with Crippen molar-refractivity contribution in [3.05, 3.63) is 70.0 Å². The summed E-state index contributed by atoms with van der Waals surface area (Å²) in [4.78, 5) is 26.7. The Bertz CT molecular complexity index is 825. The summed E-state index contributed by atoms with van der Waals surface area (Å²) < 4.78 is 13.1. The first-order valence-corrected chi connectivity index (χ1v) is 8.48. The van der Waals surface area contributed by atoms with Crippen LogP contribution in [0.25, 0.3) is 0 Å². The Hall–Kier alpha value is -2.40. The molecule has 0 bridgehead atoms. The van der Waals surface area contributed by atoms with Crippen molar-refractivity contribution in [1.29, 1.82) is 0 Å². The van der Waals surface area contributed by atoms with E-state index in [1.165, 1.54) is 18.2 Å². The fourth-order valence-electron chi connectivity index (χ4n) is 3.12. The molecular formula is C19H18ClFN2O2. The maximum atomic E-state index is 13.1. The molecule has 4 nitrogen and oxygen atoms in total. The minimum Gasteiger partial charge on any atom is -0.350 e. The molecule has 0 saturated heterocycles. The average Bonchev–Trinajstić information content (AvgIpc) is 2.59. The highest BCUT2D eigenvalue weighted by Crippen LogP contribution is 2.30. The first kappa shape index (κ1) is 17.4. The summed E-state index contributed by atoms with van der Waals surface area (Å²) in [5, 5.41) is 3.07. The Morgan fingerprint density at radius 1 is 1.32 bits per heavy atom. The second-order valence-electron chi connectivity index (χ2n) is 5.91. The molecule has 1 aliphatic rings. The molecule has 1 atom stereocenters. The van der Waals surface area contributed by atoms with Crippen LogP contribution in [0, 0.1) is 5.82 Å². The topological polar surface area (TPSA) is 49.4 Å². The number of nitrogens with one attached hydrogen (secondary N) is 1. The number of rotatable bonds is 4. The molecule has 1 heterocycles. The zero-order valence-electron chi connectivity index (χ0n) is 13.8. The first-order valence-electron chi connectivity index (χ1n) is 8.10. The van der Waals surface area contributed by atoms with Crippen molar-refractivity contribution >= 4 is 23.4 Å². The van der Waals surface area contributed by atoms with Gasteiger partial charge in [-0.3, -0.25) is 9.59 Å². The molecule has 0 saturated carbocycles. The number of nitrogens with zero attached hydrogens (tertiary/aromatic N) is 1. The summed E-state index contributed by atoms with van der Waals surface area (Å²) in [7, 11) is 0. The van der Waals surface area contributed by atoms with Crippen LogP contribution in [0.2, 0.25) is 5.02 Å². The molecule has 0 radical (unpaired) electrons. The summed E-state index contributed by atoms with van der Waals surface area (Å²) in [6.45, 7) is 2.47. The molecule has 2 amide bonds. The Morgan fingerprint density at radius 2 is 2.08 bits per heavy atom. The molecule has 2 aromatic rings. The molecule has 25 heavy (non-hydrogen) atoms. The zero-order valence-corrected chi connectivity index (χ0v) is 14.5. The highest BCUT2D eigenvalue weighted by atomic mass is 35.5. The number of amides is 2. The molecular weight excluding hydrogens is 343 g/mol. The third kappa shape index (κ3) is 3.51. The molecule has 130 valence electrons. The number of benzene rings is 2. The predicted octanol–water partition coefficient (Wildman–Crippen LogP) is 3.24. The van der Waals surface area contributed by atoms with E-state index < -0.39 is 11.9 Å². The van der Waals surface area contributed by atoms with E-state index in [9.17, 15) is 14.0 Å². The minimum atomic E-state index is -0.665. The van der Waals surface area contributed by atoms with Crippen molar-refractivity contribution in [3.8, 4) is 0 Å². The van der Waals surface area contributed by atoms with E-state index in [2.05, 4.69) is 5.32 Å². The highest BCUT2D eigenvalue weighted by Gasteiger charge is 2.35. The van der Waals surface area contributed by atoms with Gasteiger partial charge >= 0.3 is 0 Å². The van der Waals surface area contributed by atoms with E-state index in [-0.39, 0.29) is 23.4 Å². The number of hydrogen-bond donors (Lipinski definition) is 1. The molecule has 1 N–H and O–H groups in total. The van der Waals surface area contributed by atoms with Gasteiger partial charge < -0.3 is 10.2 Å². The maximum absolute atomic E-state index is 13.1. The smallest absolute Gasteiger partial charge is 0.247 e. The molecule has 1 aliphatic heterocycles. The van der Waals surface area contributed by atoms with E-state index in [0.29, 0.717) is 18.5 Å². The number of carbonyl (C=O) groups excluding carboxylic acids is 2. The third-order valence-electron chi connectivity index (χ3n) is 4.38. The van der Waals surface area contributed by atoms with Crippen LogP contribution in [0.3, 0.4) is 0 Å². The van der Waals surface area contributed by atoms with Gasteiger partial charge in [-0.25, -0.2) is 4.39 Å². The summed E-state index contributed by atoms with van der Waals surface area (Å²) >= 11 is 6.00. The van der Waals surface area contributed by atoms with Gasteiger partial charge in [0, 0.05) is 18.1 Å². The number of carbonyl (C=O) groups is 2. The lowest BCUT2D eigenvalue weighted by Crippen LogP contribution is -2.47. The number of likely N-dealkylation sites (N-methyl/N-ethyl adjacent to an activating group) is 1.